The van der Waals surface area contributed by atoms with Gasteiger partial charge in [-0.15, -0.1) is 0 Å². The summed E-state index contributed by atoms with van der Waals surface area (Å²) in [4.78, 5) is 10.3. The minimum Gasteiger partial charge on any atom is -0.463 e. The maximum absolute atomic E-state index is 10.3. The van der Waals surface area contributed by atoms with Crippen LogP contribution in [0.2, 0.25) is 0 Å². The summed E-state index contributed by atoms with van der Waals surface area (Å²) < 4.78 is 4.61. The van der Waals surface area contributed by atoms with Crippen molar-refractivity contribution in [1.82, 2.24) is 5.32 Å². The lowest BCUT2D eigenvalue weighted by atomic mass is 10.3. The molecule has 4 nitrogen and oxygen atoms in total. The normalized spacial score (nSPS) is 12.6. The van der Waals surface area contributed by atoms with Crippen molar-refractivity contribution < 1.29 is 14.6 Å². The van der Waals surface area contributed by atoms with Crippen LogP contribution in [0.3, 0.4) is 0 Å². The minimum absolute atomic E-state index is 0.0754. The Morgan fingerprint density at radius 2 is 2.33 bits per heavy atom. The summed E-state index contributed by atoms with van der Waals surface area (Å²) >= 11 is 0. The third kappa shape index (κ3) is 7.50. The molecule has 0 aliphatic rings. The lowest BCUT2D eigenvalue weighted by Crippen LogP contribution is -2.31. The number of hydrogen-bond donors (Lipinski definition) is 2. The first kappa shape index (κ1) is 11.4. The first-order valence-corrected chi connectivity index (χ1v) is 4.19. The average molecular weight is 175 g/mol. The first-order chi connectivity index (χ1) is 5.66. The highest BCUT2D eigenvalue weighted by atomic mass is 16.5. The van der Waals surface area contributed by atoms with E-state index in [1.807, 2.05) is 6.92 Å². The number of carbonyl (C=O) groups is 1. The minimum atomic E-state index is -0.597. The van der Waals surface area contributed by atoms with Gasteiger partial charge < -0.3 is 15.2 Å². The maximum Gasteiger partial charge on any atom is 0.302 e. The molecular weight excluding hydrogens is 158 g/mol. The summed E-state index contributed by atoms with van der Waals surface area (Å²) in [6, 6.07) is 0. The summed E-state index contributed by atoms with van der Waals surface area (Å²) in [5.41, 5.74) is 0. The molecule has 0 aliphatic heterocycles. The van der Waals surface area contributed by atoms with Crippen molar-refractivity contribution in [2.24, 2.45) is 0 Å². The van der Waals surface area contributed by atoms with Crippen molar-refractivity contribution in [3.63, 3.8) is 0 Å². The SMILES string of the molecule is CCCNCC(O)COC(C)=O. The van der Waals surface area contributed by atoms with Gasteiger partial charge in [0.05, 0.1) is 0 Å². The Bertz CT molecular complexity index is 127. The van der Waals surface area contributed by atoms with Gasteiger partial charge in [-0.1, -0.05) is 6.92 Å². The summed E-state index contributed by atoms with van der Waals surface area (Å²) in [6.45, 7) is 4.79. The van der Waals surface area contributed by atoms with Gasteiger partial charge in [0, 0.05) is 13.5 Å². The van der Waals surface area contributed by atoms with E-state index in [1.165, 1.54) is 6.92 Å². The molecule has 72 valence electrons. The first-order valence-electron chi connectivity index (χ1n) is 4.19. The molecular formula is C8H17NO3. The highest BCUT2D eigenvalue weighted by molar-refractivity contribution is 5.65. The number of aliphatic hydroxyl groups excluding tert-OH is 1. The van der Waals surface area contributed by atoms with Crippen molar-refractivity contribution in [2.45, 2.75) is 26.4 Å². The molecule has 0 heterocycles. The van der Waals surface area contributed by atoms with Gasteiger partial charge in [-0.3, -0.25) is 4.79 Å². The van der Waals surface area contributed by atoms with E-state index in [0.29, 0.717) is 6.54 Å². The molecule has 0 amide bonds. The number of rotatable bonds is 6. The zero-order valence-corrected chi connectivity index (χ0v) is 7.67. The van der Waals surface area contributed by atoms with E-state index in [-0.39, 0.29) is 12.6 Å². The Morgan fingerprint density at radius 1 is 1.67 bits per heavy atom. The summed E-state index contributed by atoms with van der Waals surface area (Å²) in [5, 5.41) is 12.2. The van der Waals surface area contributed by atoms with Crippen molar-refractivity contribution >= 4 is 5.97 Å². The fraction of sp³-hybridized carbons (Fsp3) is 0.875. The van der Waals surface area contributed by atoms with Crippen LogP contribution in [0.5, 0.6) is 0 Å². The van der Waals surface area contributed by atoms with Gasteiger partial charge in [0.2, 0.25) is 0 Å². The van der Waals surface area contributed by atoms with Crippen molar-refractivity contribution in [3.05, 3.63) is 0 Å². The van der Waals surface area contributed by atoms with Gasteiger partial charge in [0.25, 0.3) is 0 Å². The summed E-state index contributed by atoms with van der Waals surface area (Å²) in [7, 11) is 0. The van der Waals surface area contributed by atoms with E-state index in [4.69, 9.17) is 0 Å². The van der Waals surface area contributed by atoms with Crippen molar-refractivity contribution in [1.29, 1.82) is 0 Å². The Labute approximate surface area is 72.9 Å². The quantitative estimate of drug-likeness (QED) is 0.437. The molecule has 0 saturated heterocycles. The van der Waals surface area contributed by atoms with Crippen molar-refractivity contribution in [3.8, 4) is 0 Å². The number of aliphatic hydroxyl groups is 1. The van der Waals surface area contributed by atoms with E-state index in [1.54, 1.807) is 0 Å². The lowest BCUT2D eigenvalue weighted by molar-refractivity contribution is -0.143. The Morgan fingerprint density at radius 3 is 2.83 bits per heavy atom. The number of carbonyl (C=O) groups excluding carboxylic acids is 1. The highest BCUT2D eigenvalue weighted by Crippen LogP contribution is 1.84. The van der Waals surface area contributed by atoms with Gasteiger partial charge >= 0.3 is 5.97 Å². The van der Waals surface area contributed by atoms with Gasteiger partial charge in [-0.25, -0.2) is 0 Å². The molecule has 0 fully saturated rings. The standard InChI is InChI=1S/C8H17NO3/c1-3-4-9-5-8(11)6-12-7(2)10/h8-9,11H,3-6H2,1-2H3. The number of hydrogen-bond acceptors (Lipinski definition) is 4. The van der Waals surface area contributed by atoms with Crippen LogP contribution in [-0.2, 0) is 9.53 Å². The molecule has 0 aliphatic carbocycles. The molecule has 0 rings (SSSR count). The molecule has 0 aromatic carbocycles. The lowest BCUT2D eigenvalue weighted by Gasteiger charge is -2.10. The van der Waals surface area contributed by atoms with E-state index < -0.39 is 6.10 Å². The largest absolute Gasteiger partial charge is 0.463 e. The Balaban J connectivity index is 3.21. The van der Waals surface area contributed by atoms with Crippen LogP contribution < -0.4 is 5.32 Å². The second-order valence-corrected chi connectivity index (χ2v) is 2.66. The number of esters is 1. The topological polar surface area (TPSA) is 58.6 Å². The average Bonchev–Trinajstić information content (AvgIpc) is 2.01. The molecule has 1 unspecified atom stereocenters. The van der Waals surface area contributed by atoms with Gasteiger partial charge in [0.1, 0.15) is 12.7 Å². The second-order valence-electron chi connectivity index (χ2n) is 2.66. The van der Waals surface area contributed by atoms with Gasteiger partial charge in [0.15, 0.2) is 0 Å². The molecule has 4 heteroatoms. The fourth-order valence-corrected chi connectivity index (χ4v) is 0.718. The molecule has 1 atom stereocenters. The van der Waals surface area contributed by atoms with E-state index in [0.717, 1.165) is 13.0 Å². The van der Waals surface area contributed by atoms with Crippen LogP contribution in [0.15, 0.2) is 0 Å². The predicted octanol–water partition coefficient (Wildman–Crippen LogP) is -0.0900. The number of ether oxygens (including phenoxy) is 1. The zero-order valence-electron chi connectivity index (χ0n) is 7.67. The molecule has 0 saturated carbocycles. The zero-order chi connectivity index (χ0) is 9.40. The van der Waals surface area contributed by atoms with Crippen molar-refractivity contribution in [2.75, 3.05) is 19.7 Å². The monoisotopic (exact) mass is 175 g/mol. The molecule has 0 radical (unpaired) electrons. The maximum atomic E-state index is 10.3. The van der Waals surface area contributed by atoms with Gasteiger partial charge in [-0.05, 0) is 13.0 Å². The number of nitrogens with one attached hydrogen (secondary N) is 1. The van der Waals surface area contributed by atoms with Gasteiger partial charge in [-0.2, -0.15) is 0 Å². The molecule has 2 N–H and O–H groups in total. The predicted molar refractivity (Wildman–Crippen MR) is 45.8 cm³/mol. The van der Waals surface area contributed by atoms with Crippen LogP contribution in [0.25, 0.3) is 0 Å². The van der Waals surface area contributed by atoms with E-state index >= 15 is 0 Å². The Hall–Kier alpha value is -0.610. The third-order valence-electron chi connectivity index (χ3n) is 1.29. The van der Waals surface area contributed by atoms with Crippen LogP contribution in [-0.4, -0.2) is 36.9 Å². The van der Waals surface area contributed by atoms with Crippen LogP contribution in [0, 0.1) is 0 Å². The fourth-order valence-electron chi connectivity index (χ4n) is 0.718. The van der Waals surface area contributed by atoms with E-state index in [9.17, 15) is 9.90 Å². The smallest absolute Gasteiger partial charge is 0.302 e. The molecule has 0 spiro atoms. The third-order valence-corrected chi connectivity index (χ3v) is 1.29. The van der Waals surface area contributed by atoms with Crippen LogP contribution in [0.4, 0.5) is 0 Å². The second kappa shape index (κ2) is 7.06. The summed E-state index contributed by atoms with van der Waals surface area (Å²) in [5.74, 6) is -0.357. The Kier molecular flexibility index (Phi) is 6.70. The summed E-state index contributed by atoms with van der Waals surface area (Å²) in [6.07, 6.45) is 0.431. The molecule has 0 bridgehead atoms. The molecule has 0 aromatic rings. The van der Waals surface area contributed by atoms with E-state index in [2.05, 4.69) is 10.1 Å². The highest BCUT2D eigenvalue weighted by Gasteiger charge is 2.04. The molecule has 0 aromatic heterocycles. The van der Waals surface area contributed by atoms with Crippen LogP contribution >= 0.6 is 0 Å². The van der Waals surface area contributed by atoms with Crippen LogP contribution in [0.1, 0.15) is 20.3 Å². The molecule has 12 heavy (non-hydrogen) atoms.